The largest absolute Gasteiger partial charge is 0.506 e. The van der Waals surface area contributed by atoms with Crippen LogP contribution in [0.2, 0.25) is 0 Å². The minimum atomic E-state index is 0.213. The fourth-order valence-electron chi connectivity index (χ4n) is 1.90. The van der Waals surface area contributed by atoms with Crippen molar-refractivity contribution in [2.75, 3.05) is 37.9 Å². The Labute approximate surface area is 122 Å². The molecule has 0 spiro atoms. The molecule has 1 aliphatic rings. The van der Waals surface area contributed by atoms with Gasteiger partial charge in [0, 0.05) is 30.8 Å². The molecular formula is C13H19N3OS2. The first-order chi connectivity index (χ1) is 9.20. The van der Waals surface area contributed by atoms with Crippen molar-refractivity contribution < 1.29 is 5.11 Å². The van der Waals surface area contributed by atoms with Crippen molar-refractivity contribution in [3.05, 3.63) is 24.0 Å². The van der Waals surface area contributed by atoms with Crippen LogP contribution in [-0.2, 0) is 0 Å². The number of thioether (sulfide) groups is 2. The third-order valence-electron chi connectivity index (χ3n) is 2.90. The summed E-state index contributed by atoms with van der Waals surface area (Å²) in [6.45, 7) is 2.05. The summed E-state index contributed by atoms with van der Waals surface area (Å²) in [5.74, 6) is 2.33. The van der Waals surface area contributed by atoms with Crippen molar-refractivity contribution in [3.8, 4) is 5.75 Å². The second kappa shape index (κ2) is 7.17. The lowest BCUT2D eigenvalue weighted by atomic mass is 10.3. The van der Waals surface area contributed by atoms with Gasteiger partial charge in [-0.05, 0) is 25.4 Å². The summed E-state index contributed by atoms with van der Waals surface area (Å²) in [7, 11) is 2.13. The maximum atomic E-state index is 9.79. The maximum Gasteiger partial charge on any atom is 0.144 e. The van der Waals surface area contributed by atoms with Gasteiger partial charge in [0.2, 0.25) is 0 Å². The topological polar surface area (TPSA) is 48.7 Å². The smallest absolute Gasteiger partial charge is 0.144 e. The van der Waals surface area contributed by atoms with E-state index in [4.69, 9.17) is 0 Å². The molecule has 1 N–H and O–H groups in total. The third kappa shape index (κ3) is 4.12. The first-order valence-corrected chi connectivity index (χ1v) is 8.61. The van der Waals surface area contributed by atoms with E-state index >= 15 is 0 Å². The lowest BCUT2D eigenvalue weighted by molar-refractivity contribution is 0.340. The number of likely N-dealkylation sites (N-methyl/N-ethyl adjacent to an activating group) is 1. The Bertz CT molecular complexity index is 453. The molecule has 0 saturated heterocycles. The number of aromatic nitrogens is 1. The summed E-state index contributed by atoms with van der Waals surface area (Å²) in [5, 5.41) is 10.6. The fourth-order valence-corrected chi connectivity index (χ4v) is 3.44. The van der Waals surface area contributed by atoms with Gasteiger partial charge in [-0.1, -0.05) is 0 Å². The molecule has 4 nitrogen and oxygen atoms in total. The van der Waals surface area contributed by atoms with E-state index in [1.54, 1.807) is 30.1 Å². The summed E-state index contributed by atoms with van der Waals surface area (Å²) in [4.78, 5) is 11.2. The predicted octanol–water partition coefficient (Wildman–Crippen LogP) is 1.94. The van der Waals surface area contributed by atoms with E-state index in [1.807, 2.05) is 11.8 Å². The molecule has 1 aromatic heterocycles. The summed E-state index contributed by atoms with van der Waals surface area (Å²) < 4.78 is 0. The van der Waals surface area contributed by atoms with E-state index in [0.717, 1.165) is 29.6 Å². The van der Waals surface area contributed by atoms with Crippen LogP contribution in [0.15, 0.2) is 23.3 Å². The zero-order valence-electron chi connectivity index (χ0n) is 11.2. The van der Waals surface area contributed by atoms with Gasteiger partial charge in [-0.3, -0.25) is 9.98 Å². The van der Waals surface area contributed by atoms with E-state index in [-0.39, 0.29) is 5.75 Å². The average Bonchev–Trinajstić information content (AvgIpc) is 2.85. The predicted molar refractivity (Wildman–Crippen MR) is 84.6 cm³/mol. The Morgan fingerprint density at radius 2 is 2.42 bits per heavy atom. The van der Waals surface area contributed by atoms with Crippen LogP contribution >= 0.6 is 23.5 Å². The van der Waals surface area contributed by atoms with Gasteiger partial charge in [0.15, 0.2) is 0 Å². The Kier molecular flexibility index (Phi) is 5.54. The van der Waals surface area contributed by atoms with Crippen molar-refractivity contribution in [1.82, 2.24) is 9.88 Å². The standard InChI is InChI=1S/C13H19N3OS2/c1-16(6-7-18-2)8-10-9-19-13(15-10)12-11(17)4-3-5-14-12/h3-5,10,17H,6-9H2,1-2H3/t10-/m1/s1. The number of nitrogens with zero attached hydrogens (tertiary/aromatic N) is 3. The second-order valence-electron chi connectivity index (χ2n) is 4.53. The fraction of sp³-hybridized carbons (Fsp3) is 0.538. The first kappa shape index (κ1) is 14.7. The molecule has 0 fully saturated rings. The molecule has 19 heavy (non-hydrogen) atoms. The van der Waals surface area contributed by atoms with Gasteiger partial charge in [-0.15, -0.1) is 11.8 Å². The van der Waals surface area contributed by atoms with Crippen molar-refractivity contribution in [2.24, 2.45) is 4.99 Å². The van der Waals surface area contributed by atoms with Crippen LogP contribution in [0.4, 0.5) is 0 Å². The molecule has 0 aliphatic carbocycles. The molecule has 1 atom stereocenters. The molecule has 6 heteroatoms. The number of aromatic hydroxyl groups is 1. The zero-order chi connectivity index (χ0) is 13.7. The van der Waals surface area contributed by atoms with Crippen molar-refractivity contribution in [1.29, 1.82) is 0 Å². The van der Waals surface area contributed by atoms with E-state index in [0.29, 0.717) is 11.7 Å². The lowest BCUT2D eigenvalue weighted by Gasteiger charge is -2.18. The number of hydrogen-bond acceptors (Lipinski definition) is 6. The quantitative estimate of drug-likeness (QED) is 0.869. The molecule has 0 aromatic carbocycles. The van der Waals surface area contributed by atoms with Crippen LogP contribution in [0, 0.1) is 0 Å². The summed E-state index contributed by atoms with van der Waals surface area (Å²) >= 11 is 3.54. The van der Waals surface area contributed by atoms with Gasteiger partial charge in [0.25, 0.3) is 0 Å². The van der Waals surface area contributed by atoms with Crippen molar-refractivity contribution in [2.45, 2.75) is 6.04 Å². The Hall–Kier alpha value is -0.720. The zero-order valence-corrected chi connectivity index (χ0v) is 12.9. The first-order valence-electron chi connectivity index (χ1n) is 6.23. The molecule has 0 amide bonds. The van der Waals surface area contributed by atoms with E-state index < -0.39 is 0 Å². The maximum absolute atomic E-state index is 9.79. The molecule has 0 bridgehead atoms. The van der Waals surface area contributed by atoms with Crippen LogP contribution in [-0.4, -0.2) is 64.0 Å². The number of pyridine rings is 1. The van der Waals surface area contributed by atoms with Gasteiger partial charge < -0.3 is 10.0 Å². The SMILES string of the molecule is CSCCN(C)C[C@@H]1CSC(c2ncccc2O)=N1. The van der Waals surface area contributed by atoms with E-state index in [2.05, 4.69) is 28.2 Å². The normalized spacial score (nSPS) is 18.9. The molecule has 1 aliphatic heterocycles. The number of rotatable bonds is 6. The van der Waals surface area contributed by atoms with Gasteiger partial charge in [-0.2, -0.15) is 11.8 Å². The van der Waals surface area contributed by atoms with E-state index in [1.165, 1.54) is 0 Å². The molecule has 0 radical (unpaired) electrons. The van der Waals surface area contributed by atoms with Crippen molar-refractivity contribution in [3.63, 3.8) is 0 Å². The molecule has 2 rings (SSSR count). The summed E-state index contributed by atoms with van der Waals surface area (Å²) in [6, 6.07) is 3.68. The Balaban J connectivity index is 1.95. The summed E-state index contributed by atoms with van der Waals surface area (Å²) in [5.41, 5.74) is 0.613. The van der Waals surface area contributed by atoms with Crippen LogP contribution in [0.25, 0.3) is 0 Å². The number of hydrogen-bond donors (Lipinski definition) is 1. The Morgan fingerprint density at radius 1 is 1.58 bits per heavy atom. The summed E-state index contributed by atoms with van der Waals surface area (Å²) in [6.07, 6.45) is 3.81. The van der Waals surface area contributed by atoms with Crippen LogP contribution < -0.4 is 0 Å². The molecule has 0 unspecified atom stereocenters. The van der Waals surface area contributed by atoms with Crippen LogP contribution in [0.5, 0.6) is 5.75 Å². The number of aliphatic imine (C=N–C) groups is 1. The highest BCUT2D eigenvalue weighted by atomic mass is 32.2. The van der Waals surface area contributed by atoms with Crippen molar-refractivity contribution >= 4 is 28.6 Å². The Morgan fingerprint density at radius 3 is 3.16 bits per heavy atom. The second-order valence-corrected chi connectivity index (χ2v) is 6.52. The highest BCUT2D eigenvalue weighted by Gasteiger charge is 2.23. The molecule has 104 valence electrons. The lowest BCUT2D eigenvalue weighted by Crippen LogP contribution is -2.30. The highest BCUT2D eigenvalue weighted by Crippen LogP contribution is 2.27. The molecule has 0 saturated carbocycles. The molecule has 2 heterocycles. The average molecular weight is 297 g/mol. The van der Waals surface area contributed by atoms with Crippen LogP contribution in [0.3, 0.4) is 0 Å². The van der Waals surface area contributed by atoms with Gasteiger partial charge in [-0.25, -0.2) is 0 Å². The third-order valence-corrected chi connectivity index (χ3v) is 4.62. The van der Waals surface area contributed by atoms with Gasteiger partial charge in [0.1, 0.15) is 16.5 Å². The highest BCUT2D eigenvalue weighted by molar-refractivity contribution is 8.14. The van der Waals surface area contributed by atoms with E-state index in [9.17, 15) is 5.11 Å². The van der Waals surface area contributed by atoms with Crippen LogP contribution in [0.1, 0.15) is 5.69 Å². The van der Waals surface area contributed by atoms with Gasteiger partial charge >= 0.3 is 0 Å². The molecular weight excluding hydrogens is 278 g/mol. The minimum absolute atomic E-state index is 0.213. The minimum Gasteiger partial charge on any atom is -0.506 e. The van der Waals surface area contributed by atoms with Gasteiger partial charge in [0.05, 0.1) is 6.04 Å². The monoisotopic (exact) mass is 297 g/mol. The molecule has 1 aromatic rings.